The Balaban J connectivity index is 2.48. The van der Waals surface area contributed by atoms with Crippen molar-refractivity contribution in [2.75, 3.05) is 13.2 Å². The summed E-state index contributed by atoms with van der Waals surface area (Å²) in [5.41, 5.74) is 2.57. The van der Waals surface area contributed by atoms with Crippen LogP contribution in [0.15, 0.2) is 36.9 Å². The van der Waals surface area contributed by atoms with E-state index in [4.69, 9.17) is 4.74 Å². The van der Waals surface area contributed by atoms with Gasteiger partial charge < -0.3 is 10.1 Å². The standard InChI is InChI=1S/C15H23NO/c1-4-9-17-12-15-8-6-5-7-14(15)11-16-10-13(2)3/h4-8,13,16H,1,9-12H2,2-3H3. The highest BCUT2D eigenvalue weighted by molar-refractivity contribution is 5.26. The lowest BCUT2D eigenvalue weighted by Crippen LogP contribution is -2.19. The maximum atomic E-state index is 5.49. The molecule has 0 aromatic heterocycles. The number of nitrogens with one attached hydrogen (secondary N) is 1. The smallest absolute Gasteiger partial charge is 0.0724 e. The van der Waals surface area contributed by atoms with Gasteiger partial charge in [0.1, 0.15) is 0 Å². The fraction of sp³-hybridized carbons (Fsp3) is 0.467. The first-order valence-electron chi connectivity index (χ1n) is 6.20. The van der Waals surface area contributed by atoms with Gasteiger partial charge in [0.2, 0.25) is 0 Å². The van der Waals surface area contributed by atoms with E-state index in [1.165, 1.54) is 11.1 Å². The van der Waals surface area contributed by atoms with Crippen molar-refractivity contribution in [2.45, 2.75) is 27.0 Å². The molecule has 0 atom stereocenters. The first kappa shape index (κ1) is 13.9. The molecule has 0 unspecified atom stereocenters. The molecule has 1 aromatic rings. The summed E-state index contributed by atoms with van der Waals surface area (Å²) in [5, 5.41) is 3.46. The summed E-state index contributed by atoms with van der Waals surface area (Å²) in [6.07, 6.45) is 1.78. The van der Waals surface area contributed by atoms with Crippen LogP contribution >= 0.6 is 0 Å². The fourth-order valence-electron chi connectivity index (χ4n) is 1.62. The van der Waals surface area contributed by atoms with Gasteiger partial charge in [-0.25, -0.2) is 0 Å². The average Bonchev–Trinajstić information content (AvgIpc) is 2.31. The first-order chi connectivity index (χ1) is 8.24. The lowest BCUT2D eigenvalue weighted by Gasteiger charge is -2.11. The van der Waals surface area contributed by atoms with Crippen molar-refractivity contribution in [3.63, 3.8) is 0 Å². The molecule has 0 bridgehead atoms. The highest BCUT2D eigenvalue weighted by Crippen LogP contribution is 2.10. The van der Waals surface area contributed by atoms with Gasteiger partial charge in [0, 0.05) is 6.54 Å². The zero-order valence-corrected chi connectivity index (χ0v) is 10.9. The number of rotatable bonds is 8. The topological polar surface area (TPSA) is 21.3 Å². The Morgan fingerprint density at radius 3 is 2.65 bits per heavy atom. The Morgan fingerprint density at radius 2 is 2.00 bits per heavy atom. The van der Waals surface area contributed by atoms with E-state index in [9.17, 15) is 0 Å². The van der Waals surface area contributed by atoms with Gasteiger partial charge in [-0.1, -0.05) is 44.2 Å². The van der Waals surface area contributed by atoms with Crippen molar-refractivity contribution < 1.29 is 4.74 Å². The maximum Gasteiger partial charge on any atom is 0.0724 e. The zero-order valence-electron chi connectivity index (χ0n) is 10.9. The van der Waals surface area contributed by atoms with Crippen LogP contribution in [0.2, 0.25) is 0 Å². The van der Waals surface area contributed by atoms with E-state index in [-0.39, 0.29) is 0 Å². The van der Waals surface area contributed by atoms with Crippen LogP contribution in [-0.4, -0.2) is 13.2 Å². The van der Waals surface area contributed by atoms with Crippen molar-refractivity contribution in [1.82, 2.24) is 5.32 Å². The molecule has 1 rings (SSSR count). The lowest BCUT2D eigenvalue weighted by molar-refractivity contribution is 0.148. The van der Waals surface area contributed by atoms with E-state index < -0.39 is 0 Å². The van der Waals surface area contributed by atoms with E-state index in [0.29, 0.717) is 19.1 Å². The lowest BCUT2D eigenvalue weighted by atomic mass is 10.1. The molecule has 0 aliphatic rings. The summed E-state index contributed by atoms with van der Waals surface area (Å²) in [7, 11) is 0. The normalized spacial score (nSPS) is 10.8. The quantitative estimate of drug-likeness (QED) is 0.550. The van der Waals surface area contributed by atoms with Crippen LogP contribution < -0.4 is 5.32 Å². The Kier molecular flexibility index (Phi) is 6.60. The molecule has 17 heavy (non-hydrogen) atoms. The van der Waals surface area contributed by atoms with Crippen molar-refractivity contribution in [2.24, 2.45) is 5.92 Å². The molecule has 94 valence electrons. The highest BCUT2D eigenvalue weighted by atomic mass is 16.5. The molecular weight excluding hydrogens is 210 g/mol. The Morgan fingerprint density at radius 1 is 1.29 bits per heavy atom. The van der Waals surface area contributed by atoms with E-state index >= 15 is 0 Å². The molecule has 2 nitrogen and oxygen atoms in total. The number of ether oxygens (including phenoxy) is 1. The molecular formula is C15H23NO. The van der Waals surface area contributed by atoms with E-state index in [1.807, 2.05) is 0 Å². The summed E-state index contributed by atoms with van der Waals surface area (Å²) < 4.78 is 5.49. The van der Waals surface area contributed by atoms with Crippen molar-refractivity contribution >= 4 is 0 Å². The van der Waals surface area contributed by atoms with Crippen LogP contribution in [0.3, 0.4) is 0 Å². The van der Waals surface area contributed by atoms with Crippen LogP contribution in [0.4, 0.5) is 0 Å². The number of benzene rings is 1. The van der Waals surface area contributed by atoms with E-state index in [1.54, 1.807) is 6.08 Å². The predicted octanol–water partition coefficient (Wildman–Crippen LogP) is 3.13. The largest absolute Gasteiger partial charge is 0.373 e. The van der Waals surface area contributed by atoms with Crippen LogP contribution in [0.5, 0.6) is 0 Å². The van der Waals surface area contributed by atoms with Crippen LogP contribution in [0, 0.1) is 5.92 Å². The molecule has 0 aliphatic carbocycles. The molecule has 0 radical (unpaired) electrons. The van der Waals surface area contributed by atoms with Crippen molar-refractivity contribution in [3.05, 3.63) is 48.0 Å². The minimum Gasteiger partial charge on any atom is -0.373 e. The van der Waals surface area contributed by atoms with Crippen molar-refractivity contribution in [3.8, 4) is 0 Å². The summed E-state index contributed by atoms with van der Waals surface area (Å²) in [4.78, 5) is 0. The SMILES string of the molecule is C=CCOCc1ccccc1CNCC(C)C. The van der Waals surface area contributed by atoms with Crippen LogP contribution in [-0.2, 0) is 17.9 Å². The second kappa shape index (κ2) is 8.04. The molecule has 0 saturated carbocycles. The van der Waals surface area contributed by atoms with Gasteiger partial charge in [-0.15, -0.1) is 6.58 Å². The highest BCUT2D eigenvalue weighted by Gasteiger charge is 2.01. The Labute approximate surface area is 105 Å². The fourth-order valence-corrected chi connectivity index (χ4v) is 1.62. The summed E-state index contributed by atoms with van der Waals surface area (Å²) >= 11 is 0. The molecule has 0 fully saturated rings. The Hall–Kier alpha value is -1.12. The minimum atomic E-state index is 0.605. The molecule has 1 N–H and O–H groups in total. The van der Waals surface area contributed by atoms with Gasteiger partial charge in [0.15, 0.2) is 0 Å². The van der Waals surface area contributed by atoms with Crippen LogP contribution in [0.1, 0.15) is 25.0 Å². The second-order valence-electron chi connectivity index (χ2n) is 4.60. The molecule has 2 heteroatoms. The monoisotopic (exact) mass is 233 g/mol. The molecule has 0 spiro atoms. The third-order valence-corrected chi connectivity index (χ3v) is 2.48. The summed E-state index contributed by atoms with van der Waals surface area (Å²) in [6.45, 7) is 11.3. The Bertz CT molecular complexity index is 333. The molecule has 0 amide bonds. The second-order valence-corrected chi connectivity index (χ2v) is 4.60. The minimum absolute atomic E-state index is 0.605. The van der Waals surface area contributed by atoms with E-state index in [2.05, 4.69) is 50.0 Å². The third kappa shape index (κ3) is 5.66. The summed E-state index contributed by atoms with van der Waals surface area (Å²) in [6, 6.07) is 8.40. The number of hydrogen-bond acceptors (Lipinski definition) is 2. The molecule has 0 heterocycles. The van der Waals surface area contributed by atoms with E-state index in [0.717, 1.165) is 13.1 Å². The summed E-state index contributed by atoms with van der Waals surface area (Å²) in [5.74, 6) is 0.680. The van der Waals surface area contributed by atoms with Gasteiger partial charge in [0.05, 0.1) is 13.2 Å². The number of hydrogen-bond donors (Lipinski definition) is 1. The van der Waals surface area contributed by atoms with Gasteiger partial charge in [-0.05, 0) is 23.6 Å². The molecule has 0 saturated heterocycles. The van der Waals surface area contributed by atoms with Gasteiger partial charge >= 0.3 is 0 Å². The zero-order chi connectivity index (χ0) is 12.5. The maximum absolute atomic E-state index is 5.49. The molecule has 0 aliphatic heterocycles. The van der Waals surface area contributed by atoms with Crippen LogP contribution in [0.25, 0.3) is 0 Å². The third-order valence-electron chi connectivity index (χ3n) is 2.48. The van der Waals surface area contributed by atoms with Gasteiger partial charge in [0.25, 0.3) is 0 Å². The molecule has 1 aromatic carbocycles. The van der Waals surface area contributed by atoms with Crippen molar-refractivity contribution in [1.29, 1.82) is 0 Å². The van der Waals surface area contributed by atoms with Gasteiger partial charge in [-0.2, -0.15) is 0 Å². The first-order valence-corrected chi connectivity index (χ1v) is 6.20. The van der Waals surface area contributed by atoms with Gasteiger partial charge in [-0.3, -0.25) is 0 Å². The average molecular weight is 233 g/mol. The predicted molar refractivity (Wildman–Crippen MR) is 72.8 cm³/mol.